The number of rotatable bonds is 9. The fourth-order valence-electron chi connectivity index (χ4n) is 1.43. The maximum Gasteiger partial charge on any atom is 0.255 e. The van der Waals surface area contributed by atoms with Gasteiger partial charge < -0.3 is 19.9 Å². The van der Waals surface area contributed by atoms with Crippen LogP contribution < -0.4 is 10.1 Å². The summed E-state index contributed by atoms with van der Waals surface area (Å²) in [4.78, 5) is 11.9. The van der Waals surface area contributed by atoms with Crippen LogP contribution in [0, 0.1) is 0 Å². The quantitative estimate of drug-likeness (QED) is 0.516. The number of para-hydroxylation sites is 1. The molecule has 1 aromatic rings. The number of hydrogen-bond donors (Lipinski definition) is 2. The highest BCUT2D eigenvalue weighted by Crippen LogP contribution is 2.17. The molecule has 0 unspecified atom stereocenters. The van der Waals surface area contributed by atoms with E-state index in [0.717, 1.165) is 0 Å². The van der Waals surface area contributed by atoms with Gasteiger partial charge in [-0.1, -0.05) is 24.8 Å². The molecule has 1 aromatic carbocycles. The van der Waals surface area contributed by atoms with E-state index in [0.29, 0.717) is 31.1 Å². The molecule has 0 spiro atoms. The Labute approximate surface area is 112 Å². The number of ether oxygens (including phenoxy) is 2. The SMILES string of the molecule is C=CCOc1ccccc1C(=O)NCCOCCO. The van der Waals surface area contributed by atoms with Crippen LogP contribution in [0.3, 0.4) is 0 Å². The van der Waals surface area contributed by atoms with Crippen LogP contribution in [-0.2, 0) is 4.74 Å². The Hall–Kier alpha value is -1.85. The van der Waals surface area contributed by atoms with Crippen LogP contribution >= 0.6 is 0 Å². The summed E-state index contributed by atoms with van der Waals surface area (Å²) in [5.41, 5.74) is 0.478. The zero-order chi connectivity index (χ0) is 13.9. The maximum atomic E-state index is 11.9. The van der Waals surface area contributed by atoms with Gasteiger partial charge in [0, 0.05) is 6.54 Å². The largest absolute Gasteiger partial charge is 0.489 e. The van der Waals surface area contributed by atoms with Crippen molar-refractivity contribution in [3.05, 3.63) is 42.5 Å². The molecule has 5 heteroatoms. The molecule has 0 saturated carbocycles. The fraction of sp³-hybridized carbons (Fsp3) is 0.357. The Morgan fingerprint density at radius 3 is 2.89 bits per heavy atom. The van der Waals surface area contributed by atoms with Crippen LogP contribution in [0.5, 0.6) is 5.75 Å². The maximum absolute atomic E-state index is 11.9. The topological polar surface area (TPSA) is 67.8 Å². The molecule has 19 heavy (non-hydrogen) atoms. The Kier molecular flexibility index (Phi) is 7.31. The Balaban J connectivity index is 2.48. The molecular weight excluding hydrogens is 246 g/mol. The average Bonchev–Trinajstić information content (AvgIpc) is 2.45. The lowest BCUT2D eigenvalue weighted by Crippen LogP contribution is -2.28. The number of carbonyl (C=O) groups excluding carboxylic acids is 1. The lowest BCUT2D eigenvalue weighted by Gasteiger charge is -2.10. The first-order chi connectivity index (χ1) is 9.29. The molecule has 0 radical (unpaired) electrons. The van der Waals surface area contributed by atoms with E-state index in [1.165, 1.54) is 0 Å². The Bertz CT molecular complexity index is 406. The van der Waals surface area contributed by atoms with Gasteiger partial charge in [0.05, 0.1) is 25.4 Å². The van der Waals surface area contributed by atoms with Crippen molar-refractivity contribution in [1.29, 1.82) is 0 Å². The van der Waals surface area contributed by atoms with Gasteiger partial charge in [-0.2, -0.15) is 0 Å². The third-order valence-electron chi connectivity index (χ3n) is 2.26. The first-order valence-electron chi connectivity index (χ1n) is 6.09. The second-order valence-corrected chi connectivity index (χ2v) is 3.69. The summed E-state index contributed by atoms with van der Waals surface area (Å²) >= 11 is 0. The standard InChI is InChI=1S/C14H19NO4/c1-2-9-19-13-6-4-3-5-12(13)14(17)15-7-10-18-11-8-16/h2-6,16H,1,7-11H2,(H,15,17). The minimum atomic E-state index is -0.215. The zero-order valence-corrected chi connectivity index (χ0v) is 10.8. The third kappa shape index (κ3) is 5.54. The van der Waals surface area contributed by atoms with Crippen LogP contribution in [0.1, 0.15) is 10.4 Å². The van der Waals surface area contributed by atoms with Crippen molar-refractivity contribution in [3.8, 4) is 5.75 Å². The summed E-state index contributed by atoms with van der Waals surface area (Å²) in [5.74, 6) is 0.309. The van der Waals surface area contributed by atoms with Gasteiger partial charge in [-0.3, -0.25) is 4.79 Å². The summed E-state index contributed by atoms with van der Waals surface area (Å²) in [6.07, 6.45) is 1.62. The smallest absolute Gasteiger partial charge is 0.255 e. The zero-order valence-electron chi connectivity index (χ0n) is 10.8. The molecule has 0 atom stereocenters. The molecule has 1 amide bonds. The lowest BCUT2D eigenvalue weighted by molar-refractivity contribution is 0.0836. The molecule has 5 nitrogen and oxygen atoms in total. The van der Waals surface area contributed by atoms with Crippen molar-refractivity contribution in [2.75, 3.05) is 33.0 Å². The van der Waals surface area contributed by atoms with E-state index >= 15 is 0 Å². The van der Waals surface area contributed by atoms with Crippen molar-refractivity contribution in [3.63, 3.8) is 0 Å². The van der Waals surface area contributed by atoms with Crippen molar-refractivity contribution < 1.29 is 19.4 Å². The predicted octanol–water partition coefficient (Wildman–Crippen LogP) is 0.990. The summed E-state index contributed by atoms with van der Waals surface area (Å²) in [5, 5.41) is 11.3. The first-order valence-corrected chi connectivity index (χ1v) is 6.09. The van der Waals surface area contributed by atoms with E-state index in [9.17, 15) is 4.79 Å². The highest BCUT2D eigenvalue weighted by molar-refractivity contribution is 5.96. The normalized spacial score (nSPS) is 9.95. The van der Waals surface area contributed by atoms with Crippen molar-refractivity contribution in [1.82, 2.24) is 5.32 Å². The number of hydrogen-bond acceptors (Lipinski definition) is 4. The van der Waals surface area contributed by atoms with E-state index in [-0.39, 0.29) is 19.1 Å². The van der Waals surface area contributed by atoms with E-state index in [2.05, 4.69) is 11.9 Å². The van der Waals surface area contributed by atoms with E-state index in [1.807, 2.05) is 0 Å². The first kappa shape index (κ1) is 15.2. The second-order valence-electron chi connectivity index (χ2n) is 3.69. The molecule has 0 aliphatic heterocycles. The van der Waals surface area contributed by atoms with Gasteiger partial charge in [-0.25, -0.2) is 0 Å². The van der Waals surface area contributed by atoms with Crippen molar-refractivity contribution in [2.45, 2.75) is 0 Å². The van der Waals surface area contributed by atoms with Gasteiger partial charge in [0.25, 0.3) is 5.91 Å². The monoisotopic (exact) mass is 265 g/mol. The summed E-state index contributed by atoms with van der Waals surface area (Å²) in [6.45, 7) is 4.91. The molecular formula is C14H19NO4. The van der Waals surface area contributed by atoms with E-state index in [4.69, 9.17) is 14.6 Å². The van der Waals surface area contributed by atoms with Crippen LogP contribution in [0.25, 0.3) is 0 Å². The van der Waals surface area contributed by atoms with Gasteiger partial charge in [0.15, 0.2) is 0 Å². The molecule has 0 heterocycles. The molecule has 0 aromatic heterocycles. The van der Waals surface area contributed by atoms with E-state index in [1.54, 1.807) is 30.3 Å². The van der Waals surface area contributed by atoms with E-state index < -0.39 is 0 Å². The molecule has 104 valence electrons. The van der Waals surface area contributed by atoms with Crippen molar-refractivity contribution >= 4 is 5.91 Å². The number of aliphatic hydroxyl groups is 1. The average molecular weight is 265 g/mol. The predicted molar refractivity (Wildman–Crippen MR) is 72.4 cm³/mol. The summed E-state index contributed by atoms with van der Waals surface area (Å²) in [7, 11) is 0. The highest BCUT2D eigenvalue weighted by Gasteiger charge is 2.10. The number of nitrogens with one attached hydrogen (secondary N) is 1. The minimum Gasteiger partial charge on any atom is -0.489 e. The number of amides is 1. The second kappa shape index (κ2) is 9.13. The molecule has 1 rings (SSSR count). The Morgan fingerprint density at radius 1 is 1.37 bits per heavy atom. The summed E-state index contributed by atoms with van der Waals surface area (Å²) < 4.78 is 10.5. The fourth-order valence-corrected chi connectivity index (χ4v) is 1.43. The van der Waals surface area contributed by atoms with Crippen LogP contribution in [0.2, 0.25) is 0 Å². The molecule has 0 aliphatic carbocycles. The van der Waals surface area contributed by atoms with Gasteiger partial charge in [0.2, 0.25) is 0 Å². The van der Waals surface area contributed by atoms with Gasteiger partial charge in [-0.15, -0.1) is 0 Å². The van der Waals surface area contributed by atoms with Gasteiger partial charge >= 0.3 is 0 Å². The number of carbonyl (C=O) groups is 1. The third-order valence-corrected chi connectivity index (χ3v) is 2.26. The summed E-state index contributed by atoms with van der Waals surface area (Å²) in [6, 6.07) is 7.01. The molecule has 0 aliphatic rings. The number of benzene rings is 1. The lowest BCUT2D eigenvalue weighted by atomic mass is 10.2. The van der Waals surface area contributed by atoms with Crippen LogP contribution in [-0.4, -0.2) is 44.0 Å². The molecule has 0 fully saturated rings. The molecule has 0 saturated heterocycles. The van der Waals surface area contributed by atoms with Gasteiger partial charge in [0.1, 0.15) is 12.4 Å². The Morgan fingerprint density at radius 2 is 2.16 bits per heavy atom. The number of aliphatic hydroxyl groups excluding tert-OH is 1. The van der Waals surface area contributed by atoms with Crippen molar-refractivity contribution in [2.24, 2.45) is 0 Å². The van der Waals surface area contributed by atoms with Gasteiger partial charge in [-0.05, 0) is 12.1 Å². The van der Waals surface area contributed by atoms with Crippen LogP contribution in [0.15, 0.2) is 36.9 Å². The minimum absolute atomic E-state index is 0.0217. The molecule has 2 N–H and O–H groups in total. The highest BCUT2D eigenvalue weighted by atomic mass is 16.5. The van der Waals surface area contributed by atoms with Crippen LogP contribution in [0.4, 0.5) is 0 Å². The molecule has 0 bridgehead atoms.